The highest BCUT2D eigenvalue weighted by Crippen LogP contribution is 2.31. The van der Waals surface area contributed by atoms with Gasteiger partial charge in [-0.15, -0.1) is 0 Å². The van der Waals surface area contributed by atoms with E-state index in [0.717, 1.165) is 25.7 Å². The molecule has 2 fully saturated rings. The smallest absolute Gasteiger partial charge is 0.315 e. The average molecular weight is 270 g/mol. The van der Waals surface area contributed by atoms with Gasteiger partial charge in [0, 0.05) is 13.2 Å². The number of amides is 2. The Morgan fingerprint density at radius 1 is 1.42 bits per heavy atom. The lowest BCUT2D eigenvalue weighted by molar-refractivity contribution is -0.142. The molecule has 2 rings (SSSR count). The third kappa shape index (κ3) is 3.59. The molecule has 1 saturated carbocycles. The Labute approximate surface area is 112 Å². The summed E-state index contributed by atoms with van der Waals surface area (Å²) >= 11 is 0. The van der Waals surface area contributed by atoms with Crippen molar-refractivity contribution >= 4 is 12.0 Å². The van der Waals surface area contributed by atoms with Gasteiger partial charge in [-0.2, -0.15) is 0 Å². The molecule has 3 N–H and O–H groups in total. The Morgan fingerprint density at radius 2 is 2.21 bits per heavy atom. The van der Waals surface area contributed by atoms with Gasteiger partial charge in [-0.05, 0) is 32.1 Å². The van der Waals surface area contributed by atoms with E-state index in [-0.39, 0.29) is 23.4 Å². The molecule has 0 radical (unpaired) electrons. The van der Waals surface area contributed by atoms with Crippen LogP contribution in [0.2, 0.25) is 0 Å². The molecule has 3 atom stereocenters. The first-order chi connectivity index (χ1) is 9.00. The van der Waals surface area contributed by atoms with Gasteiger partial charge in [0.25, 0.3) is 0 Å². The van der Waals surface area contributed by atoms with E-state index in [1.165, 1.54) is 0 Å². The molecule has 1 aliphatic heterocycles. The first-order valence-electron chi connectivity index (χ1n) is 6.87. The molecule has 0 aromatic rings. The van der Waals surface area contributed by atoms with Crippen LogP contribution in [-0.2, 0) is 9.53 Å². The molecule has 2 aliphatic rings. The van der Waals surface area contributed by atoms with E-state index in [0.29, 0.717) is 19.8 Å². The van der Waals surface area contributed by atoms with Crippen LogP contribution in [-0.4, -0.2) is 42.4 Å². The second-order valence-electron chi connectivity index (χ2n) is 5.83. The topological polar surface area (TPSA) is 87.7 Å². The number of carbonyl (C=O) groups excluding carboxylic acids is 1. The molecular formula is C13H22N2O4. The first-order valence-corrected chi connectivity index (χ1v) is 6.87. The van der Waals surface area contributed by atoms with Crippen molar-refractivity contribution < 1.29 is 19.4 Å². The number of nitrogens with one attached hydrogen (secondary N) is 2. The third-order valence-electron chi connectivity index (χ3n) is 4.14. The molecule has 0 aromatic heterocycles. The molecule has 1 heterocycles. The van der Waals surface area contributed by atoms with Gasteiger partial charge in [0.2, 0.25) is 0 Å². The summed E-state index contributed by atoms with van der Waals surface area (Å²) in [7, 11) is 0. The zero-order valence-electron chi connectivity index (χ0n) is 11.3. The van der Waals surface area contributed by atoms with Crippen molar-refractivity contribution in [1.29, 1.82) is 0 Å². The van der Waals surface area contributed by atoms with Gasteiger partial charge >= 0.3 is 12.0 Å². The second-order valence-corrected chi connectivity index (χ2v) is 5.83. The summed E-state index contributed by atoms with van der Waals surface area (Å²) in [5.74, 6) is -1.01. The SMILES string of the molecule is CC1(NC(=O)NCC2CCCC2C(=O)O)CCOC1. The summed E-state index contributed by atoms with van der Waals surface area (Å²) < 4.78 is 5.27. The fourth-order valence-electron chi connectivity index (χ4n) is 2.91. The lowest BCUT2D eigenvalue weighted by Gasteiger charge is -2.24. The minimum absolute atomic E-state index is 0.0517. The number of ether oxygens (including phenoxy) is 1. The van der Waals surface area contributed by atoms with Crippen LogP contribution in [0, 0.1) is 11.8 Å². The van der Waals surface area contributed by atoms with Crippen LogP contribution < -0.4 is 10.6 Å². The van der Waals surface area contributed by atoms with Crippen molar-refractivity contribution in [1.82, 2.24) is 10.6 Å². The molecule has 6 nitrogen and oxygen atoms in total. The molecule has 6 heteroatoms. The lowest BCUT2D eigenvalue weighted by atomic mass is 9.96. The normalized spacial score (nSPS) is 34.2. The number of carboxylic acid groups (broad SMARTS) is 1. The number of carbonyl (C=O) groups is 2. The molecular weight excluding hydrogens is 248 g/mol. The summed E-state index contributed by atoms with van der Waals surface area (Å²) in [6.07, 6.45) is 3.32. The van der Waals surface area contributed by atoms with E-state index in [4.69, 9.17) is 9.84 Å². The van der Waals surface area contributed by atoms with Crippen molar-refractivity contribution in [2.24, 2.45) is 11.8 Å². The molecule has 1 saturated heterocycles. The molecule has 1 aliphatic carbocycles. The summed E-state index contributed by atoms with van der Waals surface area (Å²) in [5.41, 5.74) is -0.300. The van der Waals surface area contributed by atoms with E-state index < -0.39 is 5.97 Å². The van der Waals surface area contributed by atoms with Crippen LogP contribution in [0.5, 0.6) is 0 Å². The number of urea groups is 1. The van der Waals surface area contributed by atoms with Crippen molar-refractivity contribution in [2.75, 3.05) is 19.8 Å². The number of rotatable bonds is 4. The lowest BCUT2D eigenvalue weighted by Crippen LogP contribution is -2.51. The minimum Gasteiger partial charge on any atom is -0.481 e. The van der Waals surface area contributed by atoms with Crippen LogP contribution in [0.1, 0.15) is 32.6 Å². The zero-order valence-corrected chi connectivity index (χ0v) is 11.3. The maximum absolute atomic E-state index is 11.8. The molecule has 0 bridgehead atoms. The van der Waals surface area contributed by atoms with Gasteiger partial charge in [-0.3, -0.25) is 4.79 Å². The Hall–Kier alpha value is -1.30. The van der Waals surface area contributed by atoms with Gasteiger partial charge in [0.05, 0.1) is 18.1 Å². The number of hydrogen-bond donors (Lipinski definition) is 3. The fraction of sp³-hybridized carbons (Fsp3) is 0.846. The molecule has 0 spiro atoms. The highest BCUT2D eigenvalue weighted by Gasteiger charge is 2.34. The quantitative estimate of drug-likeness (QED) is 0.710. The van der Waals surface area contributed by atoms with E-state index in [9.17, 15) is 9.59 Å². The van der Waals surface area contributed by atoms with Crippen LogP contribution in [0.3, 0.4) is 0 Å². The maximum atomic E-state index is 11.8. The van der Waals surface area contributed by atoms with Crippen molar-refractivity contribution in [3.63, 3.8) is 0 Å². The fourth-order valence-corrected chi connectivity index (χ4v) is 2.91. The Kier molecular flexibility index (Phi) is 4.29. The summed E-state index contributed by atoms with van der Waals surface area (Å²) in [6, 6.07) is -0.232. The number of aliphatic carboxylic acids is 1. The largest absolute Gasteiger partial charge is 0.481 e. The van der Waals surface area contributed by atoms with Crippen LogP contribution in [0.25, 0.3) is 0 Å². The molecule has 2 amide bonds. The van der Waals surface area contributed by atoms with E-state index in [2.05, 4.69) is 10.6 Å². The predicted octanol–water partition coefficient (Wildman–Crippen LogP) is 0.965. The van der Waals surface area contributed by atoms with Crippen molar-refractivity contribution in [3.05, 3.63) is 0 Å². The molecule has 0 aromatic carbocycles. The van der Waals surface area contributed by atoms with Crippen LogP contribution in [0.15, 0.2) is 0 Å². The number of carboxylic acids is 1. The Balaban J connectivity index is 1.75. The first kappa shape index (κ1) is 14.1. The van der Waals surface area contributed by atoms with Crippen LogP contribution >= 0.6 is 0 Å². The summed E-state index contributed by atoms with van der Waals surface area (Å²) in [5, 5.41) is 14.8. The van der Waals surface area contributed by atoms with Crippen molar-refractivity contribution in [2.45, 2.75) is 38.1 Å². The molecule has 3 unspecified atom stereocenters. The monoisotopic (exact) mass is 270 g/mol. The predicted molar refractivity (Wildman–Crippen MR) is 68.8 cm³/mol. The highest BCUT2D eigenvalue weighted by atomic mass is 16.5. The standard InChI is InChI=1S/C13H22N2O4/c1-13(5-6-19-8-13)15-12(18)14-7-9-3-2-4-10(9)11(16)17/h9-10H,2-8H2,1H3,(H,16,17)(H2,14,15,18). The zero-order chi connectivity index (χ0) is 13.9. The minimum atomic E-state index is -0.749. The highest BCUT2D eigenvalue weighted by molar-refractivity contribution is 5.75. The Morgan fingerprint density at radius 3 is 2.84 bits per heavy atom. The third-order valence-corrected chi connectivity index (χ3v) is 4.14. The summed E-state index contributed by atoms with van der Waals surface area (Å²) in [6.45, 7) is 3.58. The van der Waals surface area contributed by atoms with Crippen molar-refractivity contribution in [3.8, 4) is 0 Å². The average Bonchev–Trinajstić information content (AvgIpc) is 2.95. The van der Waals surface area contributed by atoms with Gasteiger partial charge < -0.3 is 20.5 Å². The van der Waals surface area contributed by atoms with Gasteiger partial charge in [0.1, 0.15) is 0 Å². The van der Waals surface area contributed by atoms with Crippen LogP contribution in [0.4, 0.5) is 4.79 Å². The van der Waals surface area contributed by atoms with E-state index in [1.54, 1.807) is 0 Å². The Bertz CT molecular complexity index is 353. The number of hydrogen-bond acceptors (Lipinski definition) is 3. The molecule has 108 valence electrons. The summed E-state index contributed by atoms with van der Waals surface area (Å²) in [4.78, 5) is 22.9. The van der Waals surface area contributed by atoms with Gasteiger partial charge in [-0.1, -0.05) is 6.42 Å². The van der Waals surface area contributed by atoms with Gasteiger partial charge in [0.15, 0.2) is 0 Å². The van der Waals surface area contributed by atoms with E-state index >= 15 is 0 Å². The maximum Gasteiger partial charge on any atom is 0.315 e. The molecule has 19 heavy (non-hydrogen) atoms. The van der Waals surface area contributed by atoms with E-state index in [1.807, 2.05) is 6.92 Å². The second kappa shape index (κ2) is 5.77. The van der Waals surface area contributed by atoms with Gasteiger partial charge in [-0.25, -0.2) is 4.79 Å².